The van der Waals surface area contributed by atoms with E-state index in [4.69, 9.17) is 0 Å². The van der Waals surface area contributed by atoms with E-state index in [1.165, 1.54) is 4.88 Å². The summed E-state index contributed by atoms with van der Waals surface area (Å²) in [5.74, 6) is 0.844. The van der Waals surface area contributed by atoms with Gasteiger partial charge in [-0.05, 0) is 58.7 Å². The van der Waals surface area contributed by atoms with Gasteiger partial charge in [0.15, 0.2) is 0 Å². The fourth-order valence-corrected chi connectivity index (χ4v) is 3.77. The third-order valence-corrected chi connectivity index (χ3v) is 4.79. The molecule has 96 valence electrons. The Bertz CT molecular complexity index is 568. The number of rotatable bonds is 3. The van der Waals surface area contributed by atoms with Crippen LogP contribution >= 0.6 is 43.2 Å². The van der Waals surface area contributed by atoms with Crippen LogP contribution in [-0.4, -0.2) is 9.97 Å². The van der Waals surface area contributed by atoms with Crippen LogP contribution in [0.4, 0.5) is 5.82 Å². The summed E-state index contributed by atoms with van der Waals surface area (Å²) in [6.45, 7) is 6.19. The van der Waals surface area contributed by atoms with Crippen LogP contribution in [0.25, 0.3) is 0 Å². The SMILES string of the molecule is Cc1nc(C)c(C(C)Nc2ncc(Br)cc2Br)s1. The number of nitrogens with one attached hydrogen (secondary N) is 1. The highest BCUT2D eigenvalue weighted by Gasteiger charge is 2.14. The van der Waals surface area contributed by atoms with Gasteiger partial charge in [0.2, 0.25) is 0 Å². The maximum atomic E-state index is 4.45. The van der Waals surface area contributed by atoms with Crippen molar-refractivity contribution < 1.29 is 0 Å². The second kappa shape index (κ2) is 5.67. The summed E-state index contributed by atoms with van der Waals surface area (Å²) in [7, 11) is 0. The second-order valence-electron chi connectivity index (χ2n) is 4.03. The number of thiazole rings is 1. The average molecular weight is 391 g/mol. The van der Waals surface area contributed by atoms with Crippen molar-refractivity contribution in [1.29, 1.82) is 0 Å². The van der Waals surface area contributed by atoms with Crippen LogP contribution in [0.3, 0.4) is 0 Å². The molecule has 2 aromatic heterocycles. The number of anilines is 1. The molecule has 2 heterocycles. The molecule has 6 heteroatoms. The first-order valence-electron chi connectivity index (χ1n) is 5.49. The van der Waals surface area contributed by atoms with E-state index in [-0.39, 0.29) is 6.04 Å². The topological polar surface area (TPSA) is 37.8 Å². The molecule has 0 fully saturated rings. The predicted octanol–water partition coefficient (Wildman–Crippen LogP) is 4.85. The Kier molecular flexibility index (Phi) is 4.40. The highest BCUT2D eigenvalue weighted by atomic mass is 79.9. The standard InChI is InChI=1S/C12H13Br2N3S/c1-6-11(18-8(3)16-6)7(2)17-12-10(14)4-9(13)5-15-12/h4-5,7H,1-3H3,(H,15,17). The maximum absolute atomic E-state index is 4.45. The summed E-state index contributed by atoms with van der Waals surface area (Å²) >= 11 is 8.62. The van der Waals surface area contributed by atoms with Crippen molar-refractivity contribution in [3.63, 3.8) is 0 Å². The molecule has 0 aliphatic carbocycles. The van der Waals surface area contributed by atoms with Crippen molar-refractivity contribution in [3.8, 4) is 0 Å². The third kappa shape index (κ3) is 3.10. The van der Waals surface area contributed by atoms with Gasteiger partial charge in [0, 0.05) is 15.5 Å². The Morgan fingerprint density at radius 3 is 2.61 bits per heavy atom. The minimum atomic E-state index is 0.196. The summed E-state index contributed by atoms with van der Waals surface area (Å²) in [5, 5.41) is 4.50. The number of aromatic nitrogens is 2. The van der Waals surface area contributed by atoms with E-state index in [1.807, 2.05) is 19.9 Å². The van der Waals surface area contributed by atoms with Crippen LogP contribution in [0, 0.1) is 13.8 Å². The molecule has 0 bridgehead atoms. The molecule has 0 spiro atoms. The minimum absolute atomic E-state index is 0.196. The average Bonchev–Trinajstić information content (AvgIpc) is 2.62. The minimum Gasteiger partial charge on any atom is -0.362 e. The first kappa shape index (κ1) is 14.0. The molecular weight excluding hydrogens is 378 g/mol. The van der Waals surface area contributed by atoms with Crippen LogP contribution in [-0.2, 0) is 0 Å². The summed E-state index contributed by atoms with van der Waals surface area (Å²) in [6.07, 6.45) is 1.78. The van der Waals surface area contributed by atoms with Gasteiger partial charge in [-0.25, -0.2) is 9.97 Å². The van der Waals surface area contributed by atoms with Gasteiger partial charge in [0.05, 0.1) is 21.2 Å². The largest absolute Gasteiger partial charge is 0.362 e. The number of hydrogen-bond donors (Lipinski definition) is 1. The molecule has 3 nitrogen and oxygen atoms in total. The number of hydrogen-bond acceptors (Lipinski definition) is 4. The molecule has 1 unspecified atom stereocenters. The van der Waals surface area contributed by atoms with E-state index in [0.717, 1.165) is 25.5 Å². The molecule has 2 aromatic rings. The molecule has 1 atom stereocenters. The molecule has 0 amide bonds. The molecule has 0 saturated heterocycles. The maximum Gasteiger partial charge on any atom is 0.140 e. The van der Waals surface area contributed by atoms with E-state index < -0.39 is 0 Å². The van der Waals surface area contributed by atoms with E-state index in [1.54, 1.807) is 17.5 Å². The van der Waals surface area contributed by atoms with Gasteiger partial charge in [-0.3, -0.25) is 0 Å². The first-order valence-corrected chi connectivity index (χ1v) is 7.89. The Morgan fingerprint density at radius 1 is 1.33 bits per heavy atom. The van der Waals surface area contributed by atoms with Gasteiger partial charge in [-0.1, -0.05) is 0 Å². The lowest BCUT2D eigenvalue weighted by atomic mass is 10.2. The predicted molar refractivity (Wildman–Crippen MR) is 83.3 cm³/mol. The highest BCUT2D eigenvalue weighted by Crippen LogP contribution is 2.30. The monoisotopic (exact) mass is 389 g/mol. The van der Waals surface area contributed by atoms with Crippen LogP contribution in [0.5, 0.6) is 0 Å². The zero-order chi connectivity index (χ0) is 13.3. The first-order chi connectivity index (χ1) is 8.47. The Balaban J connectivity index is 2.21. The molecule has 0 aliphatic heterocycles. The van der Waals surface area contributed by atoms with Gasteiger partial charge >= 0.3 is 0 Å². The Labute approximate surface area is 127 Å². The van der Waals surface area contributed by atoms with Gasteiger partial charge in [-0.2, -0.15) is 0 Å². The van der Waals surface area contributed by atoms with Crippen molar-refractivity contribution in [1.82, 2.24) is 9.97 Å². The van der Waals surface area contributed by atoms with E-state index in [0.29, 0.717) is 0 Å². The fourth-order valence-electron chi connectivity index (χ4n) is 1.74. The summed E-state index contributed by atoms with van der Waals surface area (Å²) in [5.41, 5.74) is 1.09. The molecule has 0 radical (unpaired) electrons. The third-order valence-electron chi connectivity index (χ3n) is 2.49. The van der Waals surface area contributed by atoms with Gasteiger partial charge in [-0.15, -0.1) is 11.3 Å². The van der Waals surface area contributed by atoms with Crippen molar-refractivity contribution in [2.24, 2.45) is 0 Å². The van der Waals surface area contributed by atoms with Crippen LogP contribution in [0.1, 0.15) is 28.5 Å². The van der Waals surface area contributed by atoms with E-state index in [2.05, 4.69) is 54.1 Å². The van der Waals surface area contributed by atoms with Gasteiger partial charge in [0.25, 0.3) is 0 Å². The Morgan fingerprint density at radius 2 is 2.06 bits per heavy atom. The van der Waals surface area contributed by atoms with Crippen molar-refractivity contribution in [3.05, 3.63) is 36.8 Å². The molecular formula is C12H13Br2N3S. The number of aryl methyl sites for hydroxylation is 2. The zero-order valence-electron chi connectivity index (χ0n) is 10.3. The second-order valence-corrected chi connectivity index (χ2v) is 7.04. The van der Waals surface area contributed by atoms with Crippen LogP contribution in [0.2, 0.25) is 0 Å². The molecule has 18 heavy (non-hydrogen) atoms. The highest BCUT2D eigenvalue weighted by molar-refractivity contribution is 9.11. The van der Waals surface area contributed by atoms with Gasteiger partial charge in [0.1, 0.15) is 5.82 Å². The van der Waals surface area contributed by atoms with E-state index >= 15 is 0 Å². The number of nitrogens with zero attached hydrogens (tertiary/aromatic N) is 2. The number of pyridine rings is 1. The van der Waals surface area contributed by atoms with Gasteiger partial charge < -0.3 is 5.32 Å². The smallest absolute Gasteiger partial charge is 0.140 e. The summed E-state index contributed by atoms with van der Waals surface area (Å²) in [4.78, 5) is 10.1. The van der Waals surface area contributed by atoms with Crippen molar-refractivity contribution in [2.45, 2.75) is 26.8 Å². The van der Waals surface area contributed by atoms with Crippen molar-refractivity contribution in [2.75, 3.05) is 5.32 Å². The van der Waals surface area contributed by atoms with Crippen molar-refractivity contribution >= 4 is 49.0 Å². The fraction of sp³-hybridized carbons (Fsp3) is 0.333. The lowest BCUT2D eigenvalue weighted by Gasteiger charge is -2.14. The molecule has 1 N–H and O–H groups in total. The molecule has 0 aromatic carbocycles. The quantitative estimate of drug-likeness (QED) is 0.813. The molecule has 0 aliphatic rings. The summed E-state index contributed by atoms with van der Waals surface area (Å²) in [6, 6.07) is 2.17. The molecule has 0 saturated carbocycles. The van der Waals surface area contributed by atoms with Crippen LogP contribution < -0.4 is 5.32 Å². The lowest BCUT2D eigenvalue weighted by molar-refractivity contribution is 0.878. The number of halogens is 2. The van der Waals surface area contributed by atoms with Crippen LogP contribution in [0.15, 0.2) is 21.2 Å². The lowest BCUT2D eigenvalue weighted by Crippen LogP contribution is -2.08. The van der Waals surface area contributed by atoms with E-state index in [9.17, 15) is 0 Å². The molecule has 2 rings (SSSR count). The zero-order valence-corrected chi connectivity index (χ0v) is 14.3. The Hall–Kier alpha value is -0.460. The normalized spacial score (nSPS) is 12.5. The summed E-state index contributed by atoms with van der Waals surface area (Å²) < 4.78 is 1.90.